The second-order valence-corrected chi connectivity index (χ2v) is 4.48. The predicted molar refractivity (Wildman–Crippen MR) is 71.4 cm³/mol. The Bertz CT molecular complexity index is 421. The Kier molecular flexibility index (Phi) is 5.98. The second-order valence-electron chi connectivity index (χ2n) is 4.48. The normalized spacial score (nSPS) is 11.2. The Balaban J connectivity index is 2.27. The van der Waals surface area contributed by atoms with E-state index in [1.54, 1.807) is 6.07 Å². The van der Waals surface area contributed by atoms with Crippen molar-refractivity contribution in [2.45, 2.75) is 33.6 Å². The highest BCUT2D eigenvalue weighted by molar-refractivity contribution is 5.88. The number of carbonyl (C=O) groups is 1. The van der Waals surface area contributed by atoms with Crippen LogP contribution in [0.1, 0.15) is 44.0 Å². The molecule has 0 aliphatic rings. The molecule has 1 rings (SSSR count). The number of allylic oxidation sites excluding steroid dienone is 3. The van der Waals surface area contributed by atoms with Gasteiger partial charge in [-0.05, 0) is 45.8 Å². The van der Waals surface area contributed by atoms with E-state index in [0.717, 1.165) is 12.8 Å². The van der Waals surface area contributed by atoms with Crippen LogP contribution in [0.5, 0.6) is 0 Å². The van der Waals surface area contributed by atoms with Gasteiger partial charge in [0.25, 0.3) is 0 Å². The molecule has 0 fully saturated rings. The molecule has 0 aliphatic carbocycles. The summed E-state index contributed by atoms with van der Waals surface area (Å²) in [4.78, 5) is 11.5. The fraction of sp³-hybridized carbons (Fsp3) is 0.400. The van der Waals surface area contributed by atoms with Crippen molar-refractivity contribution in [3.8, 4) is 0 Å². The predicted octanol–water partition coefficient (Wildman–Crippen LogP) is 4.13. The van der Waals surface area contributed by atoms with Gasteiger partial charge in [-0.2, -0.15) is 0 Å². The fourth-order valence-electron chi connectivity index (χ4n) is 1.41. The van der Waals surface area contributed by atoms with Crippen molar-refractivity contribution < 1.29 is 13.9 Å². The molecule has 0 aliphatic heterocycles. The summed E-state index contributed by atoms with van der Waals surface area (Å²) in [6, 6.07) is 1.59. The summed E-state index contributed by atoms with van der Waals surface area (Å²) >= 11 is 0. The van der Waals surface area contributed by atoms with Crippen LogP contribution in [0.25, 0.3) is 0 Å². The van der Waals surface area contributed by atoms with Crippen LogP contribution in [0.15, 0.2) is 46.3 Å². The summed E-state index contributed by atoms with van der Waals surface area (Å²) in [5, 5.41) is 0. The summed E-state index contributed by atoms with van der Waals surface area (Å²) in [5.74, 6) is -0.350. The molecule has 1 heterocycles. The van der Waals surface area contributed by atoms with Gasteiger partial charge in [-0.15, -0.1) is 0 Å². The standard InChI is InChI=1S/C15H20O3/c1-12(2)5-4-6-13(3)7-10-18-15(16)14-8-9-17-11-14/h5,7-9,11H,4,6,10H2,1-3H3/b13-7+. The smallest absolute Gasteiger partial charge is 0.341 e. The van der Waals surface area contributed by atoms with E-state index in [1.807, 2.05) is 13.0 Å². The largest absolute Gasteiger partial charge is 0.472 e. The molecule has 18 heavy (non-hydrogen) atoms. The first kappa shape index (κ1) is 14.3. The third-order valence-electron chi connectivity index (χ3n) is 2.49. The highest BCUT2D eigenvalue weighted by Gasteiger charge is 2.06. The van der Waals surface area contributed by atoms with Gasteiger partial charge in [-0.25, -0.2) is 4.79 Å². The first-order valence-electron chi connectivity index (χ1n) is 6.08. The zero-order valence-electron chi connectivity index (χ0n) is 11.2. The lowest BCUT2D eigenvalue weighted by atomic mass is 10.1. The first-order chi connectivity index (χ1) is 8.59. The lowest BCUT2D eigenvalue weighted by Crippen LogP contribution is -2.03. The highest BCUT2D eigenvalue weighted by Crippen LogP contribution is 2.07. The van der Waals surface area contributed by atoms with Gasteiger partial charge in [0, 0.05) is 0 Å². The van der Waals surface area contributed by atoms with E-state index >= 15 is 0 Å². The molecule has 0 atom stereocenters. The van der Waals surface area contributed by atoms with E-state index in [9.17, 15) is 4.79 Å². The molecule has 0 N–H and O–H groups in total. The molecule has 3 nitrogen and oxygen atoms in total. The van der Waals surface area contributed by atoms with Crippen molar-refractivity contribution in [3.63, 3.8) is 0 Å². The lowest BCUT2D eigenvalue weighted by Gasteiger charge is -2.01. The minimum Gasteiger partial charge on any atom is -0.472 e. The minimum absolute atomic E-state index is 0.310. The second kappa shape index (κ2) is 7.54. The molecule has 0 saturated carbocycles. The van der Waals surface area contributed by atoms with Gasteiger partial charge < -0.3 is 9.15 Å². The van der Waals surface area contributed by atoms with Crippen molar-refractivity contribution in [2.24, 2.45) is 0 Å². The number of carbonyl (C=O) groups excluding carboxylic acids is 1. The van der Waals surface area contributed by atoms with Crippen LogP contribution in [-0.4, -0.2) is 12.6 Å². The molecular weight excluding hydrogens is 228 g/mol. The van der Waals surface area contributed by atoms with Crippen LogP contribution in [0.2, 0.25) is 0 Å². The molecule has 0 bridgehead atoms. The number of hydrogen-bond acceptors (Lipinski definition) is 3. The maximum Gasteiger partial charge on any atom is 0.341 e. The van der Waals surface area contributed by atoms with Gasteiger partial charge in [-0.1, -0.05) is 17.2 Å². The first-order valence-corrected chi connectivity index (χ1v) is 6.08. The zero-order valence-corrected chi connectivity index (χ0v) is 11.2. The van der Waals surface area contributed by atoms with E-state index in [4.69, 9.17) is 9.15 Å². The molecule has 0 saturated heterocycles. The Labute approximate surface area is 108 Å². The van der Waals surface area contributed by atoms with Crippen LogP contribution in [-0.2, 0) is 4.74 Å². The summed E-state index contributed by atoms with van der Waals surface area (Å²) in [6.07, 6.45) is 9.01. The van der Waals surface area contributed by atoms with Gasteiger partial charge in [0.05, 0.1) is 11.8 Å². The van der Waals surface area contributed by atoms with Gasteiger partial charge in [0.15, 0.2) is 0 Å². The van der Waals surface area contributed by atoms with E-state index in [1.165, 1.54) is 23.7 Å². The minimum atomic E-state index is -0.350. The average Bonchev–Trinajstić information content (AvgIpc) is 2.81. The topological polar surface area (TPSA) is 39.4 Å². The van der Waals surface area contributed by atoms with E-state index in [0.29, 0.717) is 12.2 Å². The summed E-state index contributed by atoms with van der Waals surface area (Å²) in [5.41, 5.74) is 3.01. The number of esters is 1. The van der Waals surface area contributed by atoms with E-state index < -0.39 is 0 Å². The van der Waals surface area contributed by atoms with Crippen LogP contribution >= 0.6 is 0 Å². The van der Waals surface area contributed by atoms with Crippen molar-refractivity contribution in [1.29, 1.82) is 0 Å². The molecular formula is C15H20O3. The number of rotatable bonds is 6. The average molecular weight is 248 g/mol. The third kappa shape index (κ3) is 5.53. The molecule has 0 unspecified atom stereocenters. The molecule has 0 radical (unpaired) electrons. The quantitative estimate of drug-likeness (QED) is 0.561. The van der Waals surface area contributed by atoms with Crippen molar-refractivity contribution >= 4 is 5.97 Å². The number of furan rings is 1. The van der Waals surface area contributed by atoms with Crippen LogP contribution in [0.4, 0.5) is 0 Å². The monoisotopic (exact) mass is 248 g/mol. The van der Waals surface area contributed by atoms with Crippen molar-refractivity contribution in [2.75, 3.05) is 6.61 Å². The molecule has 98 valence electrons. The molecule has 0 amide bonds. The summed E-state index contributed by atoms with van der Waals surface area (Å²) in [7, 11) is 0. The van der Waals surface area contributed by atoms with Crippen molar-refractivity contribution in [3.05, 3.63) is 47.5 Å². The van der Waals surface area contributed by atoms with E-state index in [2.05, 4.69) is 19.9 Å². The van der Waals surface area contributed by atoms with Gasteiger partial charge in [0.1, 0.15) is 12.9 Å². The van der Waals surface area contributed by atoms with Crippen LogP contribution < -0.4 is 0 Å². The van der Waals surface area contributed by atoms with Crippen LogP contribution in [0, 0.1) is 0 Å². The number of ether oxygens (including phenoxy) is 1. The fourth-order valence-corrected chi connectivity index (χ4v) is 1.41. The Morgan fingerprint density at radius 1 is 1.33 bits per heavy atom. The molecule has 1 aromatic rings. The molecule has 0 spiro atoms. The Morgan fingerprint density at radius 3 is 2.72 bits per heavy atom. The Hall–Kier alpha value is -1.77. The van der Waals surface area contributed by atoms with Gasteiger partial charge >= 0.3 is 5.97 Å². The summed E-state index contributed by atoms with van der Waals surface area (Å²) in [6.45, 7) is 6.53. The summed E-state index contributed by atoms with van der Waals surface area (Å²) < 4.78 is 9.91. The van der Waals surface area contributed by atoms with Crippen molar-refractivity contribution in [1.82, 2.24) is 0 Å². The van der Waals surface area contributed by atoms with E-state index in [-0.39, 0.29) is 5.97 Å². The SMILES string of the molecule is CC(C)=CCC/C(C)=C/COC(=O)c1ccoc1. The van der Waals surface area contributed by atoms with Gasteiger partial charge in [0.2, 0.25) is 0 Å². The molecule has 0 aromatic carbocycles. The van der Waals surface area contributed by atoms with Crippen LogP contribution in [0.3, 0.4) is 0 Å². The molecule has 1 aromatic heterocycles. The van der Waals surface area contributed by atoms with Gasteiger partial charge in [-0.3, -0.25) is 0 Å². The zero-order chi connectivity index (χ0) is 13.4. The Morgan fingerprint density at radius 2 is 2.11 bits per heavy atom. The molecule has 3 heteroatoms. The number of hydrogen-bond donors (Lipinski definition) is 0. The third-order valence-corrected chi connectivity index (χ3v) is 2.49. The maximum atomic E-state index is 11.5. The maximum absolute atomic E-state index is 11.5. The highest BCUT2D eigenvalue weighted by atomic mass is 16.5. The lowest BCUT2D eigenvalue weighted by molar-refractivity contribution is 0.0548.